The molecular formula is C25H22FN5O. The highest BCUT2D eigenvalue weighted by molar-refractivity contribution is 5.80. The highest BCUT2D eigenvalue weighted by Crippen LogP contribution is 2.29. The van der Waals surface area contributed by atoms with E-state index in [2.05, 4.69) is 27.2 Å². The lowest BCUT2D eigenvalue weighted by molar-refractivity contribution is 0.263. The summed E-state index contributed by atoms with van der Waals surface area (Å²) in [6.45, 7) is 0.473. The van der Waals surface area contributed by atoms with E-state index in [4.69, 9.17) is 0 Å². The first kappa shape index (κ1) is 20.1. The molecule has 2 heterocycles. The van der Waals surface area contributed by atoms with Crippen LogP contribution in [0.3, 0.4) is 0 Å². The number of benzene rings is 3. The Kier molecular flexibility index (Phi) is 5.03. The summed E-state index contributed by atoms with van der Waals surface area (Å²) in [4.78, 5) is 14.9. The molecule has 0 spiro atoms. The van der Waals surface area contributed by atoms with Crippen molar-refractivity contribution in [3.05, 3.63) is 112 Å². The zero-order chi connectivity index (χ0) is 22.2. The molecule has 1 unspecified atom stereocenters. The van der Waals surface area contributed by atoms with Crippen molar-refractivity contribution in [2.24, 2.45) is 7.05 Å². The third-order valence-corrected chi connectivity index (χ3v) is 5.83. The standard InChI is InChI=1S/C25H22FN5O/c1-29(23(17-8-4-3-5-9-17)18-12-14-19(26)15-13-18)16-22-27-28-25-30(2)24(32)20-10-6-7-11-21(20)31(22)25/h3-15,23H,16H2,1-2H3. The van der Waals surface area contributed by atoms with Crippen LogP contribution in [-0.4, -0.2) is 31.1 Å². The van der Waals surface area contributed by atoms with Crippen LogP contribution in [0, 0.1) is 5.82 Å². The first-order valence-electron chi connectivity index (χ1n) is 10.4. The van der Waals surface area contributed by atoms with E-state index in [-0.39, 0.29) is 17.4 Å². The van der Waals surface area contributed by atoms with Crippen molar-refractivity contribution in [3.63, 3.8) is 0 Å². The molecule has 5 rings (SSSR count). The van der Waals surface area contributed by atoms with Crippen LogP contribution in [0.25, 0.3) is 16.7 Å². The summed E-state index contributed by atoms with van der Waals surface area (Å²) in [5, 5.41) is 9.34. The number of fused-ring (bicyclic) bond motifs is 3. The fourth-order valence-electron chi connectivity index (χ4n) is 4.29. The maximum atomic E-state index is 13.6. The third-order valence-electron chi connectivity index (χ3n) is 5.83. The molecule has 0 aliphatic rings. The van der Waals surface area contributed by atoms with Gasteiger partial charge in [0, 0.05) is 7.05 Å². The molecule has 160 valence electrons. The minimum absolute atomic E-state index is 0.103. The molecule has 0 radical (unpaired) electrons. The fraction of sp³-hybridized carbons (Fsp3) is 0.160. The predicted octanol–water partition coefficient (Wildman–Crippen LogP) is 3.94. The molecular weight excluding hydrogens is 405 g/mol. The minimum atomic E-state index is -0.265. The van der Waals surface area contributed by atoms with Crippen LogP contribution in [0.4, 0.5) is 4.39 Å². The molecule has 3 aromatic carbocycles. The Bertz CT molecular complexity index is 1460. The van der Waals surface area contributed by atoms with Crippen LogP contribution in [0.5, 0.6) is 0 Å². The highest BCUT2D eigenvalue weighted by Gasteiger charge is 2.22. The summed E-state index contributed by atoms with van der Waals surface area (Å²) in [7, 11) is 3.71. The Labute approximate surface area is 184 Å². The van der Waals surface area contributed by atoms with Gasteiger partial charge in [-0.2, -0.15) is 0 Å². The molecule has 0 saturated carbocycles. The van der Waals surface area contributed by atoms with Crippen LogP contribution >= 0.6 is 0 Å². The van der Waals surface area contributed by atoms with E-state index < -0.39 is 0 Å². The average Bonchev–Trinajstić information content (AvgIpc) is 3.23. The molecule has 5 aromatic rings. The van der Waals surface area contributed by atoms with Gasteiger partial charge in [-0.1, -0.05) is 54.6 Å². The van der Waals surface area contributed by atoms with Crippen LogP contribution in [-0.2, 0) is 13.6 Å². The number of aryl methyl sites for hydroxylation is 1. The lowest BCUT2D eigenvalue weighted by Gasteiger charge is -2.28. The molecule has 32 heavy (non-hydrogen) atoms. The van der Waals surface area contributed by atoms with E-state index in [1.54, 1.807) is 7.05 Å². The number of rotatable bonds is 5. The van der Waals surface area contributed by atoms with E-state index in [1.165, 1.54) is 16.7 Å². The fourth-order valence-corrected chi connectivity index (χ4v) is 4.29. The molecule has 0 fully saturated rings. The second-order valence-electron chi connectivity index (χ2n) is 7.91. The lowest BCUT2D eigenvalue weighted by atomic mass is 9.97. The van der Waals surface area contributed by atoms with E-state index >= 15 is 0 Å². The van der Waals surface area contributed by atoms with E-state index in [1.807, 2.05) is 66.0 Å². The summed E-state index contributed by atoms with van der Waals surface area (Å²) < 4.78 is 17.0. The van der Waals surface area contributed by atoms with Gasteiger partial charge in [-0.25, -0.2) is 4.39 Å². The quantitative estimate of drug-likeness (QED) is 0.426. The molecule has 0 bridgehead atoms. The zero-order valence-corrected chi connectivity index (χ0v) is 17.8. The van der Waals surface area contributed by atoms with Crippen LogP contribution in [0.2, 0.25) is 0 Å². The Morgan fingerprint density at radius 2 is 1.56 bits per heavy atom. The van der Waals surface area contributed by atoms with Gasteiger partial charge in [0.1, 0.15) is 5.82 Å². The molecule has 1 atom stereocenters. The van der Waals surface area contributed by atoms with Crippen LogP contribution < -0.4 is 5.56 Å². The molecule has 0 aliphatic carbocycles. The normalized spacial score (nSPS) is 12.6. The molecule has 2 aromatic heterocycles. The molecule has 0 N–H and O–H groups in total. The molecule has 0 saturated heterocycles. The van der Waals surface area contributed by atoms with Gasteiger partial charge in [0.25, 0.3) is 5.56 Å². The molecule has 0 amide bonds. The van der Waals surface area contributed by atoms with Crippen LogP contribution in [0.15, 0.2) is 83.7 Å². The first-order chi connectivity index (χ1) is 15.5. The summed E-state index contributed by atoms with van der Waals surface area (Å²) in [5.41, 5.74) is 2.74. The Morgan fingerprint density at radius 1 is 0.906 bits per heavy atom. The van der Waals surface area contributed by atoms with Gasteiger partial charge >= 0.3 is 0 Å². The van der Waals surface area contributed by atoms with E-state index in [0.29, 0.717) is 17.7 Å². The maximum absolute atomic E-state index is 13.6. The number of hydrogen-bond acceptors (Lipinski definition) is 4. The van der Waals surface area contributed by atoms with Gasteiger partial charge in [0.15, 0.2) is 5.82 Å². The number of para-hydroxylation sites is 1. The second-order valence-corrected chi connectivity index (χ2v) is 7.91. The zero-order valence-electron chi connectivity index (χ0n) is 17.8. The van der Waals surface area contributed by atoms with Gasteiger partial charge in [0.05, 0.1) is 23.5 Å². The van der Waals surface area contributed by atoms with Crippen molar-refractivity contribution in [2.75, 3.05) is 7.05 Å². The van der Waals surface area contributed by atoms with Gasteiger partial charge in [-0.05, 0) is 42.4 Å². The second kappa shape index (κ2) is 8.01. The summed E-state index contributed by atoms with van der Waals surface area (Å²) in [6.07, 6.45) is 0. The average molecular weight is 427 g/mol. The van der Waals surface area contributed by atoms with Crippen molar-refractivity contribution in [3.8, 4) is 0 Å². The smallest absolute Gasteiger partial charge is 0.262 e. The Morgan fingerprint density at radius 3 is 2.31 bits per heavy atom. The predicted molar refractivity (Wildman–Crippen MR) is 122 cm³/mol. The van der Waals surface area contributed by atoms with Crippen molar-refractivity contribution < 1.29 is 4.39 Å². The number of aromatic nitrogens is 4. The van der Waals surface area contributed by atoms with Gasteiger partial charge in [-0.15, -0.1) is 10.2 Å². The number of nitrogens with zero attached hydrogens (tertiary/aromatic N) is 5. The minimum Gasteiger partial charge on any atom is -0.288 e. The summed E-state index contributed by atoms with van der Waals surface area (Å²) >= 11 is 0. The Hall–Kier alpha value is -3.84. The van der Waals surface area contributed by atoms with E-state index in [9.17, 15) is 9.18 Å². The van der Waals surface area contributed by atoms with Crippen molar-refractivity contribution in [2.45, 2.75) is 12.6 Å². The van der Waals surface area contributed by atoms with Gasteiger partial charge in [-0.3, -0.25) is 18.7 Å². The Balaban J connectivity index is 1.62. The monoisotopic (exact) mass is 427 g/mol. The van der Waals surface area contributed by atoms with Crippen molar-refractivity contribution >= 4 is 16.7 Å². The topological polar surface area (TPSA) is 55.4 Å². The van der Waals surface area contributed by atoms with Gasteiger partial charge < -0.3 is 0 Å². The lowest BCUT2D eigenvalue weighted by Crippen LogP contribution is -2.27. The SMILES string of the molecule is CN(Cc1nnc2n(C)c(=O)c3ccccc3n12)C(c1ccccc1)c1ccc(F)cc1. The largest absolute Gasteiger partial charge is 0.288 e. The molecule has 6 nitrogen and oxygen atoms in total. The first-order valence-corrected chi connectivity index (χ1v) is 10.4. The maximum Gasteiger partial charge on any atom is 0.262 e. The highest BCUT2D eigenvalue weighted by atomic mass is 19.1. The van der Waals surface area contributed by atoms with E-state index in [0.717, 1.165) is 22.5 Å². The van der Waals surface area contributed by atoms with Gasteiger partial charge in [0.2, 0.25) is 5.78 Å². The van der Waals surface area contributed by atoms with Crippen LogP contribution in [0.1, 0.15) is 23.0 Å². The third kappa shape index (κ3) is 3.36. The number of hydrogen-bond donors (Lipinski definition) is 0. The molecule has 7 heteroatoms. The number of halogens is 1. The summed E-state index contributed by atoms with van der Waals surface area (Å²) in [5.74, 6) is 0.950. The van der Waals surface area contributed by atoms with Crippen molar-refractivity contribution in [1.29, 1.82) is 0 Å². The van der Waals surface area contributed by atoms with Crippen molar-refractivity contribution in [1.82, 2.24) is 24.1 Å². The molecule has 0 aliphatic heterocycles. The summed E-state index contributed by atoms with van der Waals surface area (Å²) in [6, 6.07) is 24.0.